The van der Waals surface area contributed by atoms with Crippen LogP contribution in [0.1, 0.15) is 30.5 Å². The molecular formula is C26H27NO4S2. The fourth-order valence-electron chi connectivity index (χ4n) is 4.20. The molecule has 7 heteroatoms. The minimum atomic E-state index is -3.68. The SMILES string of the molecule is CCS(=O)(=O)OC(C)C1C(=O)NC1SC(c1ccccc1)(c1ccccc1)c1ccccc1. The molecule has 0 aromatic heterocycles. The fraction of sp³-hybridized carbons (Fsp3) is 0.269. The van der Waals surface area contributed by atoms with Gasteiger partial charge in [-0.3, -0.25) is 8.98 Å². The summed E-state index contributed by atoms with van der Waals surface area (Å²) in [6, 6.07) is 30.5. The lowest BCUT2D eigenvalue weighted by Crippen LogP contribution is -2.62. The number of rotatable bonds is 9. The lowest BCUT2D eigenvalue weighted by molar-refractivity contribution is -0.135. The van der Waals surface area contributed by atoms with Crippen molar-refractivity contribution in [1.29, 1.82) is 0 Å². The van der Waals surface area contributed by atoms with Crippen molar-refractivity contribution in [2.75, 3.05) is 5.75 Å². The highest BCUT2D eigenvalue weighted by atomic mass is 32.2. The Morgan fingerprint density at radius 1 is 0.879 bits per heavy atom. The maximum Gasteiger partial charge on any atom is 0.267 e. The van der Waals surface area contributed by atoms with Gasteiger partial charge in [-0.05, 0) is 30.5 Å². The van der Waals surface area contributed by atoms with E-state index in [9.17, 15) is 13.2 Å². The molecule has 1 N–H and O–H groups in total. The number of carbonyl (C=O) groups excluding carboxylic acids is 1. The van der Waals surface area contributed by atoms with Crippen molar-refractivity contribution in [3.8, 4) is 0 Å². The van der Waals surface area contributed by atoms with Crippen molar-refractivity contribution in [3.05, 3.63) is 108 Å². The maximum atomic E-state index is 12.6. The third kappa shape index (κ3) is 4.71. The molecule has 0 aliphatic carbocycles. The van der Waals surface area contributed by atoms with Crippen molar-refractivity contribution in [3.63, 3.8) is 0 Å². The fourth-order valence-corrected chi connectivity index (χ4v) is 6.78. The van der Waals surface area contributed by atoms with Crippen LogP contribution < -0.4 is 5.32 Å². The lowest BCUT2D eigenvalue weighted by atomic mass is 9.84. The standard InChI is InChI=1S/C26H27NO4S2/c1-3-33(29,30)31-19(2)23-24(28)27-25(23)32-26(20-13-7-4-8-14-20,21-15-9-5-10-16-21)22-17-11-6-12-18-22/h4-19,23,25H,3H2,1-2H3,(H,27,28). The molecule has 1 saturated heterocycles. The maximum absolute atomic E-state index is 12.6. The minimum absolute atomic E-state index is 0.133. The summed E-state index contributed by atoms with van der Waals surface area (Å²) in [4.78, 5) is 12.6. The second-order valence-corrected chi connectivity index (χ2v) is 11.2. The van der Waals surface area contributed by atoms with Crippen LogP contribution in [-0.2, 0) is 23.8 Å². The molecule has 1 amide bonds. The van der Waals surface area contributed by atoms with Crippen LogP contribution in [0.15, 0.2) is 91.0 Å². The number of benzene rings is 3. The highest BCUT2D eigenvalue weighted by Crippen LogP contribution is 2.52. The first-order valence-electron chi connectivity index (χ1n) is 10.9. The van der Waals surface area contributed by atoms with E-state index in [0.29, 0.717) is 0 Å². The Morgan fingerprint density at radius 2 is 1.30 bits per heavy atom. The Balaban J connectivity index is 1.80. The van der Waals surface area contributed by atoms with Gasteiger partial charge < -0.3 is 5.32 Å². The first-order valence-corrected chi connectivity index (χ1v) is 13.4. The molecule has 3 aromatic rings. The van der Waals surface area contributed by atoms with Crippen molar-refractivity contribution < 1.29 is 17.4 Å². The number of thioether (sulfide) groups is 1. The zero-order chi connectivity index (χ0) is 23.5. The minimum Gasteiger partial charge on any atom is -0.343 e. The van der Waals surface area contributed by atoms with Gasteiger partial charge in [-0.2, -0.15) is 8.42 Å². The van der Waals surface area contributed by atoms with Gasteiger partial charge in [0.1, 0.15) is 0 Å². The van der Waals surface area contributed by atoms with Gasteiger partial charge in [0, 0.05) is 0 Å². The molecular weight excluding hydrogens is 454 g/mol. The van der Waals surface area contributed by atoms with E-state index >= 15 is 0 Å². The van der Waals surface area contributed by atoms with Crippen molar-refractivity contribution >= 4 is 27.8 Å². The molecule has 0 saturated carbocycles. The zero-order valence-electron chi connectivity index (χ0n) is 18.5. The smallest absolute Gasteiger partial charge is 0.267 e. The van der Waals surface area contributed by atoms with E-state index in [1.807, 2.05) is 54.6 Å². The van der Waals surface area contributed by atoms with Crippen LogP contribution in [0.5, 0.6) is 0 Å². The number of hydrogen-bond donors (Lipinski definition) is 1. The van der Waals surface area contributed by atoms with Crippen LogP contribution in [0.4, 0.5) is 0 Å². The average Bonchev–Trinajstić information content (AvgIpc) is 2.83. The molecule has 3 atom stereocenters. The molecule has 172 valence electrons. The van der Waals surface area contributed by atoms with E-state index in [4.69, 9.17) is 4.18 Å². The summed E-state index contributed by atoms with van der Waals surface area (Å²) in [6.45, 7) is 3.18. The summed E-state index contributed by atoms with van der Waals surface area (Å²) < 4.78 is 28.8. The Morgan fingerprint density at radius 3 is 1.67 bits per heavy atom. The molecule has 0 spiro atoms. The summed E-state index contributed by atoms with van der Waals surface area (Å²) in [6.07, 6.45) is -0.763. The second kappa shape index (κ2) is 9.71. The number of β-lactam (4-membered cyclic amide) rings is 1. The summed E-state index contributed by atoms with van der Waals surface area (Å²) >= 11 is 1.61. The largest absolute Gasteiger partial charge is 0.343 e. The average molecular weight is 482 g/mol. The van der Waals surface area contributed by atoms with Crippen LogP contribution in [0, 0.1) is 5.92 Å². The van der Waals surface area contributed by atoms with E-state index in [1.54, 1.807) is 18.7 Å². The number of carbonyl (C=O) groups is 1. The van der Waals surface area contributed by atoms with Gasteiger partial charge in [0.15, 0.2) is 0 Å². The van der Waals surface area contributed by atoms with Gasteiger partial charge >= 0.3 is 0 Å². The monoisotopic (exact) mass is 481 g/mol. The highest BCUT2D eigenvalue weighted by Gasteiger charge is 2.50. The Kier molecular flexibility index (Phi) is 6.93. The van der Waals surface area contributed by atoms with E-state index in [-0.39, 0.29) is 17.0 Å². The lowest BCUT2D eigenvalue weighted by Gasteiger charge is -2.45. The van der Waals surface area contributed by atoms with Crippen molar-refractivity contribution in [2.45, 2.75) is 30.1 Å². The number of amides is 1. The number of hydrogen-bond acceptors (Lipinski definition) is 5. The predicted molar refractivity (Wildman–Crippen MR) is 132 cm³/mol. The van der Waals surface area contributed by atoms with Gasteiger partial charge in [0.25, 0.3) is 10.1 Å². The van der Waals surface area contributed by atoms with Gasteiger partial charge in [-0.25, -0.2) is 0 Å². The van der Waals surface area contributed by atoms with Crippen LogP contribution in [0.3, 0.4) is 0 Å². The summed E-state index contributed by atoms with van der Waals surface area (Å²) in [5.74, 6) is -0.924. The van der Waals surface area contributed by atoms with E-state index in [1.165, 1.54) is 6.92 Å². The molecule has 0 radical (unpaired) electrons. The first kappa shape index (κ1) is 23.5. The third-order valence-electron chi connectivity index (χ3n) is 5.92. The summed E-state index contributed by atoms with van der Waals surface area (Å²) in [7, 11) is -3.68. The first-order chi connectivity index (χ1) is 15.9. The quantitative estimate of drug-likeness (QED) is 0.276. The molecule has 33 heavy (non-hydrogen) atoms. The molecule has 1 fully saturated rings. The molecule has 0 bridgehead atoms. The normalized spacial score (nSPS) is 19.4. The zero-order valence-corrected chi connectivity index (χ0v) is 20.2. The van der Waals surface area contributed by atoms with E-state index < -0.39 is 26.9 Å². The molecule has 1 aliphatic rings. The molecule has 4 rings (SSSR count). The van der Waals surface area contributed by atoms with E-state index in [2.05, 4.69) is 41.7 Å². The predicted octanol–water partition coefficient (Wildman–Crippen LogP) is 4.54. The molecule has 3 aromatic carbocycles. The Hall–Kier alpha value is -2.61. The summed E-state index contributed by atoms with van der Waals surface area (Å²) in [5, 5.41) is 2.66. The highest BCUT2D eigenvalue weighted by molar-refractivity contribution is 8.01. The van der Waals surface area contributed by atoms with Crippen LogP contribution in [0.25, 0.3) is 0 Å². The van der Waals surface area contributed by atoms with Crippen LogP contribution >= 0.6 is 11.8 Å². The van der Waals surface area contributed by atoms with Gasteiger partial charge in [0.2, 0.25) is 5.91 Å². The van der Waals surface area contributed by atoms with Crippen LogP contribution in [-0.4, -0.2) is 31.6 Å². The van der Waals surface area contributed by atoms with Gasteiger partial charge in [-0.1, -0.05) is 91.0 Å². The molecule has 1 heterocycles. The van der Waals surface area contributed by atoms with Crippen LogP contribution in [0.2, 0.25) is 0 Å². The Bertz CT molecular complexity index is 1090. The second-order valence-electron chi connectivity index (χ2n) is 8.00. The Labute approximate surface area is 199 Å². The topological polar surface area (TPSA) is 72.5 Å². The third-order valence-corrected chi connectivity index (χ3v) is 8.95. The van der Waals surface area contributed by atoms with Crippen molar-refractivity contribution in [2.24, 2.45) is 5.92 Å². The van der Waals surface area contributed by atoms with Gasteiger partial charge in [0.05, 0.1) is 27.9 Å². The molecule has 5 nitrogen and oxygen atoms in total. The van der Waals surface area contributed by atoms with Gasteiger partial charge in [-0.15, -0.1) is 11.8 Å². The number of nitrogens with one attached hydrogen (secondary N) is 1. The summed E-state index contributed by atoms with van der Waals surface area (Å²) in [5.41, 5.74) is 3.21. The van der Waals surface area contributed by atoms with Crippen molar-refractivity contribution in [1.82, 2.24) is 5.32 Å². The molecule has 1 aliphatic heterocycles. The molecule has 3 unspecified atom stereocenters. The van der Waals surface area contributed by atoms with E-state index in [0.717, 1.165) is 16.7 Å².